The standard InChI is InChI=1S/C12H11BrN2O3/c1-14-10(16)7-11(15(2)12(14)17)18-9-5-3-4-8(13)6-9/h3-7H,1-2H3. The second-order valence-electron chi connectivity index (χ2n) is 3.78. The molecule has 0 fully saturated rings. The summed E-state index contributed by atoms with van der Waals surface area (Å²) in [6, 6.07) is 8.44. The summed E-state index contributed by atoms with van der Waals surface area (Å²) in [6.07, 6.45) is 0. The maximum absolute atomic E-state index is 11.7. The van der Waals surface area contributed by atoms with Crippen LogP contribution in [0.1, 0.15) is 0 Å². The Labute approximate surface area is 111 Å². The van der Waals surface area contributed by atoms with Gasteiger partial charge in [0.25, 0.3) is 5.56 Å². The summed E-state index contributed by atoms with van der Waals surface area (Å²) in [5.74, 6) is 0.758. The van der Waals surface area contributed by atoms with Gasteiger partial charge in [-0.15, -0.1) is 0 Å². The lowest BCUT2D eigenvalue weighted by atomic mass is 10.3. The molecule has 0 aliphatic rings. The summed E-state index contributed by atoms with van der Waals surface area (Å²) in [6.45, 7) is 0. The fourth-order valence-corrected chi connectivity index (χ4v) is 1.84. The molecule has 2 aromatic rings. The first-order chi connectivity index (χ1) is 8.49. The van der Waals surface area contributed by atoms with E-state index in [1.807, 2.05) is 6.07 Å². The molecule has 0 saturated carbocycles. The molecule has 0 spiro atoms. The van der Waals surface area contributed by atoms with Gasteiger partial charge in [0.15, 0.2) is 0 Å². The largest absolute Gasteiger partial charge is 0.440 e. The second kappa shape index (κ2) is 4.81. The van der Waals surface area contributed by atoms with Gasteiger partial charge >= 0.3 is 5.69 Å². The third-order valence-corrected chi connectivity index (χ3v) is 2.99. The molecule has 0 atom stereocenters. The van der Waals surface area contributed by atoms with Crippen molar-refractivity contribution in [3.05, 3.63) is 55.6 Å². The van der Waals surface area contributed by atoms with Crippen molar-refractivity contribution in [2.24, 2.45) is 14.1 Å². The summed E-state index contributed by atoms with van der Waals surface area (Å²) in [4.78, 5) is 23.2. The van der Waals surface area contributed by atoms with Gasteiger partial charge in [0.2, 0.25) is 5.88 Å². The fourth-order valence-electron chi connectivity index (χ4n) is 1.46. The highest BCUT2D eigenvalue weighted by molar-refractivity contribution is 9.10. The molecule has 5 nitrogen and oxygen atoms in total. The van der Waals surface area contributed by atoms with Crippen molar-refractivity contribution in [2.45, 2.75) is 0 Å². The summed E-state index contributed by atoms with van der Waals surface area (Å²) < 4.78 is 8.68. The van der Waals surface area contributed by atoms with Crippen LogP contribution in [0.2, 0.25) is 0 Å². The molecule has 1 aromatic heterocycles. The molecule has 18 heavy (non-hydrogen) atoms. The fraction of sp³-hybridized carbons (Fsp3) is 0.167. The molecule has 0 saturated heterocycles. The zero-order chi connectivity index (χ0) is 13.3. The van der Waals surface area contributed by atoms with Crippen LogP contribution in [0.4, 0.5) is 0 Å². The topological polar surface area (TPSA) is 53.2 Å². The van der Waals surface area contributed by atoms with Gasteiger partial charge in [-0.1, -0.05) is 22.0 Å². The number of benzene rings is 1. The van der Waals surface area contributed by atoms with Gasteiger partial charge < -0.3 is 4.74 Å². The van der Waals surface area contributed by atoms with Crippen molar-refractivity contribution in [3.63, 3.8) is 0 Å². The van der Waals surface area contributed by atoms with Crippen LogP contribution in [0.5, 0.6) is 11.6 Å². The van der Waals surface area contributed by atoms with Crippen LogP contribution < -0.4 is 16.0 Å². The molecule has 0 radical (unpaired) electrons. The van der Waals surface area contributed by atoms with E-state index in [9.17, 15) is 9.59 Å². The molecular formula is C12H11BrN2O3. The molecule has 0 aliphatic carbocycles. The van der Waals surface area contributed by atoms with Crippen molar-refractivity contribution in [2.75, 3.05) is 0 Å². The van der Waals surface area contributed by atoms with Crippen molar-refractivity contribution in [1.82, 2.24) is 9.13 Å². The predicted octanol–water partition coefficient (Wildman–Crippen LogP) is 1.64. The van der Waals surface area contributed by atoms with Crippen LogP contribution in [-0.4, -0.2) is 9.13 Å². The Morgan fingerprint density at radius 3 is 2.50 bits per heavy atom. The third kappa shape index (κ3) is 2.38. The predicted molar refractivity (Wildman–Crippen MR) is 71.1 cm³/mol. The number of nitrogens with zero attached hydrogens (tertiary/aromatic N) is 2. The SMILES string of the molecule is Cn1c(Oc2cccc(Br)c2)cc(=O)n(C)c1=O. The Bertz CT molecular complexity index is 703. The number of aromatic nitrogens is 2. The zero-order valence-corrected chi connectivity index (χ0v) is 11.5. The van der Waals surface area contributed by atoms with Crippen LogP contribution in [0.15, 0.2) is 44.4 Å². The molecule has 0 unspecified atom stereocenters. The monoisotopic (exact) mass is 310 g/mol. The molecule has 6 heteroatoms. The summed E-state index contributed by atoms with van der Waals surface area (Å²) in [5, 5.41) is 0. The van der Waals surface area contributed by atoms with E-state index in [1.165, 1.54) is 17.7 Å². The normalized spacial score (nSPS) is 10.4. The van der Waals surface area contributed by atoms with Gasteiger partial charge in [0.1, 0.15) is 5.75 Å². The summed E-state index contributed by atoms with van der Waals surface area (Å²) in [7, 11) is 2.97. The van der Waals surface area contributed by atoms with E-state index in [1.54, 1.807) is 25.2 Å². The van der Waals surface area contributed by atoms with E-state index in [-0.39, 0.29) is 5.88 Å². The maximum Gasteiger partial charge on any atom is 0.333 e. The summed E-state index contributed by atoms with van der Waals surface area (Å²) in [5.41, 5.74) is -0.824. The molecule has 0 amide bonds. The highest BCUT2D eigenvalue weighted by Crippen LogP contribution is 2.22. The van der Waals surface area contributed by atoms with Gasteiger partial charge in [-0.2, -0.15) is 0 Å². The van der Waals surface area contributed by atoms with Crippen LogP contribution in [0, 0.1) is 0 Å². The first-order valence-corrected chi connectivity index (χ1v) is 5.99. The average molecular weight is 311 g/mol. The lowest BCUT2D eigenvalue weighted by molar-refractivity contribution is 0.423. The Balaban J connectivity index is 2.48. The molecular weight excluding hydrogens is 300 g/mol. The van der Waals surface area contributed by atoms with Gasteiger partial charge in [-0.3, -0.25) is 13.9 Å². The van der Waals surface area contributed by atoms with Crippen molar-refractivity contribution in [3.8, 4) is 11.6 Å². The molecule has 0 bridgehead atoms. The van der Waals surface area contributed by atoms with Gasteiger partial charge in [0.05, 0.1) is 6.07 Å². The van der Waals surface area contributed by atoms with Crippen molar-refractivity contribution in [1.29, 1.82) is 0 Å². The van der Waals surface area contributed by atoms with E-state index in [0.29, 0.717) is 5.75 Å². The molecule has 2 rings (SSSR count). The lowest BCUT2D eigenvalue weighted by Gasteiger charge is -2.10. The number of hydrogen-bond acceptors (Lipinski definition) is 3. The highest BCUT2D eigenvalue weighted by Gasteiger charge is 2.07. The third-order valence-electron chi connectivity index (χ3n) is 2.50. The number of halogens is 1. The van der Waals surface area contributed by atoms with Crippen molar-refractivity contribution >= 4 is 15.9 Å². The number of hydrogen-bond donors (Lipinski definition) is 0. The number of ether oxygens (including phenoxy) is 1. The first-order valence-electron chi connectivity index (χ1n) is 5.19. The van der Waals surface area contributed by atoms with Gasteiger partial charge in [0, 0.05) is 18.6 Å². The van der Waals surface area contributed by atoms with E-state index in [0.717, 1.165) is 9.04 Å². The van der Waals surface area contributed by atoms with E-state index in [2.05, 4.69) is 15.9 Å². The molecule has 0 N–H and O–H groups in total. The number of rotatable bonds is 2. The van der Waals surface area contributed by atoms with Gasteiger partial charge in [-0.05, 0) is 18.2 Å². The molecule has 1 heterocycles. The minimum atomic E-state index is -0.424. The lowest BCUT2D eigenvalue weighted by Crippen LogP contribution is -2.36. The van der Waals surface area contributed by atoms with Crippen LogP contribution in [0.25, 0.3) is 0 Å². The highest BCUT2D eigenvalue weighted by atomic mass is 79.9. The van der Waals surface area contributed by atoms with Crippen LogP contribution in [0.3, 0.4) is 0 Å². The average Bonchev–Trinajstić information content (AvgIpc) is 2.33. The summed E-state index contributed by atoms with van der Waals surface area (Å²) >= 11 is 3.32. The molecule has 1 aromatic carbocycles. The molecule has 94 valence electrons. The smallest absolute Gasteiger partial charge is 0.333 e. The quantitative estimate of drug-likeness (QED) is 0.847. The van der Waals surface area contributed by atoms with E-state index < -0.39 is 11.2 Å². The van der Waals surface area contributed by atoms with Crippen molar-refractivity contribution < 1.29 is 4.74 Å². The first kappa shape index (κ1) is 12.6. The Hall–Kier alpha value is -1.82. The van der Waals surface area contributed by atoms with Crippen LogP contribution >= 0.6 is 15.9 Å². The van der Waals surface area contributed by atoms with E-state index in [4.69, 9.17) is 4.74 Å². The van der Waals surface area contributed by atoms with Gasteiger partial charge in [-0.25, -0.2) is 4.79 Å². The molecule has 0 aliphatic heterocycles. The minimum absolute atomic E-state index is 0.209. The zero-order valence-electron chi connectivity index (χ0n) is 9.88. The minimum Gasteiger partial charge on any atom is -0.440 e. The maximum atomic E-state index is 11.7. The van der Waals surface area contributed by atoms with E-state index >= 15 is 0 Å². The Morgan fingerprint density at radius 2 is 1.83 bits per heavy atom. The van der Waals surface area contributed by atoms with Crippen LogP contribution in [-0.2, 0) is 14.1 Å². The second-order valence-corrected chi connectivity index (χ2v) is 4.70. The Kier molecular flexibility index (Phi) is 3.38. The Morgan fingerprint density at radius 1 is 1.11 bits per heavy atom.